The van der Waals surface area contributed by atoms with Crippen LogP contribution in [-0.4, -0.2) is 18.6 Å². The predicted octanol–water partition coefficient (Wildman–Crippen LogP) is 1.62. The molecule has 18 heavy (non-hydrogen) atoms. The van der Waals surface area contributed by atoms with Crippen LogP contribution in [0, 0.1) is 21.4 Å². The summed E-state index contributed by atoms with van der Waals surface area (Å²) in [5, 5.41) is 18.7. The molecule has 1 aromatic rings. The number of benzene rings is 1. The van der Waals surface area contributed by atoms with Crippen LogP contribution >= 0.6 is 0 Å². The van der Waals surface area contributed by atoms with Crippen molar-refractivity contribution in [2.24, 2.45) is 0 Å². The van der Waals surface area contributed by atoms with Crippen LogP contribution in [0.15, 0.2) is 18.2 Å². The van der Waals surface area contributed by atoms with Gasteiger partial charge in [-0.15, -0.1) is 0 Å². The molecule has 0 radical (unpaired) electrons. The van der Waals surface area contributed by atoms with Crippen molar-refractivity contribution in [3.63, 3.8) is 0 Å². The van der Waals surface area contributed by atoms with E-state index in [2.05, 4.69) is 4.72 Å². The van der Waals surface area contributed by atoms with Gasteiger partial charge in [-0.2, -0.15) is 5.26 Å². The van der Waals surface area contributed by atoms with Crippen molar-refractivity contribution in [3.8, 4) is 6.07 Å². The molecule has 0 bridgehead atoms. The van der Waals surface area contributed by atoms with Crippen molar-refractivity contribution in [3.05, 3.63) is 33.9 Å². The predicted molar refractivity (Wildman–Crippen MR) is 65.5 cm³/mol. The average Bonchev–Trinajstić information content (AvgIpc) is 2.28. The molecule has 0 heterocycles. The van der Waals surface area contributed by atoms with Crippen LogP contribution in [0.2, 0.25) is 0 Å². The van der Waals surface area contributed by atoms with Gasteiger partial charge in [-0.05, 0) is 26.0 Å². The molecule has 1 N–H and O–H groups in total. The van der Waals surface area contributed by atoms with Crippen molar-refractivity contribution in [2.45, 2.75) is 19.1 Å². The molecule has 96 valence electrons. The molecule has 0 aromatic heterocycles. The topological polar surface area (TPSA) is 113 Å². The van der Waals surface area contributed by atoms with Crippen LogP contribution in [-0.2, 0) is 10.0 Å². The summed E-state index contributed by atoms with van der Waals surface area (Å²) in [7, 11) is -3.66. The zero-order valence-corrected chi connectivity index (χ0v) is 10.6. The minimum Gasteiger partial charge on any atom is -0.277 e. The third-order valence-corrected chi connectivity index (χ3v) is 3.94. The minimum atomic E-state index is -3.66. The normalized spacial score (nSPS) is 11.0. The first-order valence-electron chi connectivity index (χ1n) is 4.98. The summed E-state index contributed by atoms with van der Waals surface area (Å²) in [6.45, 7) is 2.91. The number of nitro benzene ring substituents is 1. The molecule has 0 spiro atoms. The Hall–Kier alpha value is -2.14. The van der Waals surface area contributed by atoms with Gasteiger partial charge in [0.05, 0.1) is 21.8 Å². The third-order valence-electron chi connectivity index (χ3n) is 2.20. The lowest BCUT2D eigenvalue weighted by molar-refractivity contribution is -0.383. The van der Waals surface area contributed by atoms with Gasteiger partial charge >= 0.3 is 0 Å². The van der Waals surface area contributed by atoms with Crippen molar-refractivity contribution in [1.82, 2.24) is 0 Å². The zero-order chi connectivity index (χ0) is 13.9. The molecule has 7 nitrogen and oxygen atoms in total. The van der Waals surface area contributed by atoms with Crippen molar-refractivity contribution < 1.29 is 13.3 Å². The molecule has 0 fully saturated rings. The standard InChI is InChI=1S/C10H11N3O4S/c1-7(2)18(16,17)12-9-4-3-8(6-11)5-10(9)13(14)15/h3-5,7,12H,1-2H3. The van der Waals surface area contributed by atoms with Crippen molar-refractivity contribution >= 4 is 21.4 Å². The highest BCUT2D eigenvalue weighted by Crippen LogP contribution is 2.26. The van der Waals surface area contributed by atoms with Gasteiger partial charge in [-0.1, -0.05) is 0 Å². The molecule has 0 saturated carbocycles. The van der Waals surface area contributed by atoms with Crippen LogP contribution in [0.1, 0.15) is 19.4 Å². The van der Waals surface area contributed by atoms with E-state index in [1.165, 1.54) is 26.0 Å². The van der Waals surface area contributed by atoms with Gasteiger partial charge in [-0.3, -0.25) is 14.8 Å². The summed E-state index contributed by atoms with van der Waals surface area (Å²) in [6, 6.07) is 5.30. The second-order valence-electron chi connectivity index (χ2n) is 3.80. The number of hydrogen-bond donors (Lipinski definition) is 1. The molecule has 1 rings (SSSR count). The Morgan fingerprint density at radius 3 is 2.50 bits per heavy atom. The van der Waals surface area contributed by atoms with Crippen LogP contribution in [0.25, 0.3) is 0 Å². The van der Waals surface area contributed by atoms with Crippen molar-refractivity contribution in [1.29, 1.82) is 5.26 Å². The second kappa shape index (κ2) is 5.01. The molecule has 0 atom stereocenters. The number of hydrogen-bond acceptors (Lipinski definition) is 5. The minimum absolute atomic E-state index is 0.0918. The summed E-state index contributed by atoms with van der Waals surface area (Å²) in [5.41, 5.74) is -0.500. The van der Waals surface area contributed by atoms with E-state index in [1.54, 1.807) is 6.07 Å². The maximum absolute atomic E-state index is 11.6. The Morgan fingerprint density at radius 1 is 1.44 bits per heavy atom. The number of anilines is 1. The Bertz CT molecular complexity index is 617. The average molecular weight is 269 g/mol. The monoisotopic (exact) mass is 269 g/mol. The molecule has 0 amide bonds. The van der Waals surface area contributed by atoms with E-state index >= 15 is 0 Å². The van der Waals surface area contributed by atoms with Gasteiger partial charge < -0.3 is 0 Å². The first-order chi connectivity index (χ1) is 8.27. The summed E-state index contributed by atoms with van der Waals surface area (Å²) < 4.78 is 25.4. The molecule has 1 aromatic carbocycles. The quantitative estimate of drug-likeness (QED) is 0.659. The van der Waals surface area contributed by atoms with Gasteiger partial charge in [0.2, 0.25) is 10.0 Å². The Kier molecular flexibility index (Phi) is 3.88. The van der Waals surface area contributed by atoms with E-state index in [9.17, 15) is 18.5 Å². The maximum Gasteiger partial charge on any atom is 0.294 e. The Labute approximate surface area is 104 Å². The lowest BCUT2D eigenvalue weighted by atomic mass is 10.2. The van der Waals surface area contributed by atoms with Gasteiger partial charge in [0.25, 0.3) is 5.69 Å². The van der Waals surface area contributed by atoms with Crippen LogP contribution in [0.3, 0.4) is 0 Å². The van der Waals surface area contributed by atoms with E-state index < -0.39 is 25.9 Å². The second-order valence-corrected chi connectivity index (χ2v) is 6.03. The van der Waals surface area contributed by atoms with Gasteiger partial charge in [0, 0.05) is 6.07 Å². The number of nitro groups is 1. The van der Waals surface area contributed by atoms with E-state index in [4.69, 9.17) is 5.26 Å². The van der Waals surface area contributed by atoms with Gasteiger partial charge in [0.15, 0.2) is 0 Å². The number of nitriles is 1. The molecular weight excluding hydrogens is 258 g/mol. The fourth-order valence-corrected chi connectivity index (χ4v) is 1.82. The van der Waals surface area contributed by atoms with Crippen molar-refractivity contribution in [2.75, 3.05) is 4.72 Å². The lowest BCUT2D eigenvalue weighted by Crippen LogP contribution is -2.23. The molecule has 0 unspecified atom stereocenters. The Morgan fingerprint density at radius 2 is 2.06 bits per heavy atom. The van der Waals surface area contributed by atoms with E-state index in [1.807, 2.05) is 0 Å². The van der Waals surface area contributed by atoms with Crippen LogP contribution in [0.4, 0.5) is 11.4 Å². The third kappa shape index (κ3) is 2.95. The zero-order valence-electron chi connectivity index (χ0n) is 9.75. The highest BCUT2D eigenvalue weighted by Gasteiger charge is 2.22. The number of sulfonamides is 1. The fourth-order valence-electron chi connectivity index (χ4n) is 1.11. The number of nitrogens with one attached hydrogen (secondary N) is 1. The van der Waals surface area contributed by atoms with Gasteiger partial charge in [-0.25, -0.2) is 8.42 Å². The summed E-state index contributed by atoms with van der Waals surface area (Å²) >= 11 is 0. The van der Waals surface area contributed by atoms with Crippen LogP contribution < -0.4 is 4.72 Å². The molecule has 0 saturated heterocycles. The van der Waals surface area contributed by atoms with E-state index in [0.29, 0.717) is 0 Å². The first-order valence-corrected chi connectivity index (χ1v) is 6.52. The summed E-state index contributed by atoms with van der Waals surface area (Å²) in [4.78, 5) is 10.1. The summed E-state index contributed by atoms with van der Waals surface area (Å²) in [6.07, 6.45) is 0. The first kappa shape index (κ1) is 13.9. The van der Waals surface area contributed by atoms with E-state index in [0.717, 1.165) is 6.07 Å². The number of rotatable bonds is 4. The molecule has 0 aliphatic heterocycles. The maximum atomic E-state index is 11.6. The SMILES string of the molecule is CC(C)S(=O)(=O)Nc1ccc(C#N)cc1[N+](=O)[O-]. The van der Waals surface area contributed by atoms with E-state index in [-0.39, 0.29) is 11.3 Å². The van der Waals surface area contributed by atoms with Gasteiger partial charge in [0.1, 0.15) is 5.69 Å². The number of nitrogens with zero attached hydrogens (tertiary/aromatic N) is 2. The summed E-state index contributed by atoms with van der Waals surface area (Å²) in [5.74, 6) is 0. The lowest BCUT2D eigenvalue weighted by Gasteiger charge is -2.10. The highest BCUT2D eigenvalue weighted by atomic mass is 32.2. The smallest absolute Gasteiger partial charge is 0.277 e. The largest absolute Gasteiger partial charge is 0.294 e. The molecule has 0 aliphatic carbocycles. The fraction of sp³-hybridized carbons (Fsp3) is 0.300. The Balaban J connectivity index is 3.27. The highest BCUT2D eigenvalue weighted by molar-refractivity contribution is 7.93. The molecule has 8 heteroatoms. The molecule has 0 aliphatic rings. The molecular formula is C10H11N3O4S. The van der Waals surface area contributed by atoms with Crippen LogP contribution in [0.5, 0.6) is 0 Å².